The van der Waals surface area contributed by atoms with Gasteiger partial charge in [0.2, 0.25) is 15.9 Å². The topological polar surface area (TPSA) is 57.7 Å². The summed E-state index contributed by atoms with van der Waals surface area (Å²) in [4.78, 5) is 14.1. The Labute approximate surface area is 147 Å². The van der Waals surface area contributed by atoms with Crippen molar-refractivity contribution in [3.8, 4) is 0 Å². The molecule has 0 aromatic heterocycles. The zero-order chi connectivity index (χ0) is 18.4. The second-order valence-electron chi connectivity index (χ2n) is 6.33. The molecule has 0 bridgehead atoms. The minimum atomic E-state index is -3.66. The first kappa shape index (κ1) is 19.6. The molecule has 25 heavy (non-hydrogen) atoms. The second-order valence-corrected chi connectivity index (χ2v) is 8.24. The number of hydrogen-bond acceptors (Lipinski definition) is 3. The summed E-state index contributed by atoms with van der Waals surface area (Å²) in [6, 6.07) is 2.97. The van der Waals surface area contributed by atoms with Crippen LogP contribution in [-0.4, -0.2) is 45.1 Å². The molecule has 1 aromatic carbocycles. The minimum Gasteiger partial charge on any atom is -0.343 e. The quantitative estimate of drug-likeness (QED) is 0.769. The van der Waals surface area contributed by atoms with Gasteiger partial charge in [-0.25, -0.2) is 17.2 Å². The molecule has 0 atom stereocenters. The highest BCUT2D eigenvalue weighted by molar-refractivity contribution is 7.92. The Morgan fingerprint density at radius 2 is 1.76 bits per heavy atom. The maximum atomic E-state index is 13.4. The van der Waals surface area contributed by atoms with Crippen molar-refractivity contribution in [1.29, 1.82) is 0 Å². The minimum absolute atomic E-state index is 0.0145. The SMILES string of the molecule is CS(=O)(=O)N(CCCC(=O)N1CCCCCC1)c1ccc(F)c(F)c1. The highest BCUT2D eigenvalue weighted by atomic mass is 32.2. The van der Waals surface area contributed by atoms with Gasteiger partial charge in [0.15, 0.2) is 11.6 Å². The molecular formula is C17H24F2N2O3S. The average molecular weight is 374 g/mol. The van der Waals surface area contributed by atoms with Gasteiger partial charge in [-0.2, -0.15) is 0 Å². The summed E-state index contributed by atoms with van der Waals surface area (Å²) in [6.07, 6.45) is 5.80. The van der Waals surface area contributed by atoms with E-state index in [2.05, 4.69) is 0 Å². The van der Waals surface area contributed by atoms with Crippen molar-refractivity contribution in [2.75, 3.05) is 30.2 Å². The smallest absolute Gasteiger partial charge is 0.232 e. The molecule has 0 N–H and O–H groups in total. The third-order valence-corrected chi connectivity index (χ3v) is 5.50. The molecule has 1 heterocycles. The molecule has 0 saturated carbocycles. The number of likely N-dealkylation sites (tertiary alicyclic amines) is 1. The van der Waals surface area contributed by atoms with Crippen molar-refractivity contribution in [3.63, 3.8) is 0 Å². The van der Waals surface area contributed by atoms with E-state index in [1.807, 2.05) is 4.90 Å². The summed E-state index contributed by atoms with van der Waals surface area (Å²) in [6.45, 7) is 1.54. The highest BCUT2D eigenvalue weighted by Gasteiger charge is 2.20. The Bertz CT molecular complexity index is 702. The summed E-state index contributed by atoms with van der Waals surface area (Å²) in [5, 5.41) is 0. The fraction of sp³-hybridized carbons (Fsp3) is 0.588. The van der Waals surface area contributed by atoms with Gasteiger partial charge in [-0.1, -0.05) is 12.8 Å². The molecule has 0 radical (unpaired) electrons. The van der Waals surface area contributed by atoms with E-state index < -0.39 is 21.7 Å². The molecule has 140 valence electrons. The van der Waals surface area contributed by atoms with Crippen LogP contribution in [-0.2, 0) is 14.8 Å². The fourth-order valence-electron chi connectivity index (χ4n) is 2.98. The highest BCUT2D eigenvalue weighted by Crippen LogP contribution is 2.21. The number of nitrogens with zero attached hydrogens (tertiary/aromatic N) is 2. The largest absolute Gasteiger partial charge is 0.343 e. The zero-order valence-electron chi connectivity index (χ0n) is 14.4. The lowest BCUT2D eigenvalue weighted by Gasteiger charge is -2.24. The molecule has 0 aliphatic carbocycles. The molecular weight excluding hydrogens is 350 g/mol. The van der Waals surface area contributed by atoms with Gasteiger partial charge >= 0.3 is 0 Å². The standard InChI is InChI=1S/C17H24F2N2O3S/c1-25(23,24)21(14-8-9-15(18)16(19)13-14)12-6-7-17(22)20-10-4-2-3-5-11-20/h8-9,13H,2-7,10-12H2,1H3. The van der Waals surface area contributed by atoms with Crippen LogP contribution in [0.1, 0.15) is 38.5 Å². The van der Waals surface area contributed by atoms with E-state index in [1.54, 1.807) is 0 Å². The number of hydrogen-bond donors (Lipinski definition) is 0. The molecule has 5 nitrogen and oxygen atoms in total. The van der Waals surface area contributed by atoms with Gasteiger partial charge in [-0.05, 0) is 31.4 Å². The van der Waals surface area contributed by atoms with Crippen molar-refractivity contribution >= 4 is 21.6 Å². The van der Waals surface area contributed by atoms with E-state index in [0.29, 0.717) is 6.42 Å². The molecule has 2 rings (SSSR count). The first-order valence-corrected chi connectivity index (χ1v) is 10.3. The predicted octanol–water partition coefficient (Wildman–Crippen LogP) is 2.91. The number of benzene rings is 1. The summed E-state index contributed by atoms with van der Waals surface area (Å²) in [7, 11) is -3.66. The molecule has 1 saturated heterocycles. The van der Waals surface area contributed by atoms with E-state index in [-0.39, 0.29) is 24.6 Å². The van der Waals surface area contributed by atoms with Crippen molar-refractivity contribution in [2.45, 2.75) is 38.5 Å². The van der Waals surface area contributed by atoms with Gasteiger partial charge in [0.25, 0.3) is 0 Å². The number of carbonyl (C=O) groups is 1. The summed E-state index contributed by atoms with van der Waals surface area (Å²) in [5.74, 6) is -2.12. The molecule has 1 amide bonds. The van der Waals surface area contributed by atoms with E-state index >= 15 is 0 Å². The number of amides is 1. The van der Waals surface area contributed by atoms with E-state index in [4.69, 9.17) is 0 Å². The Morgan fingerprint density at radius 3 is 2.32 bits per heavy atom. The fourth-order valence-corrected chi connectivity index (χ4v) is 3.94. The van der Waals surface area contributed by atoms with Crippen molar-refractivity contribution in [1.82, 2.24) is 4.90 Å². The first-order chi connectivity index (χ1) is 11.8. The van der Waals surface area contributed by atoms with Crippen LogP contribution in [0.5, 0.6) is 0 Å². The Hall–Kier alpha value is -1.70. The Kier molecular flexibility index (Phi) is 6.75. The summed E-state index contributed by atoms with van der Waals surface area (Å²) in [5.41, 5.74) is 0.0589. The Balaban J connectivity index is 1.98. The lowest BCUT2D eigenvalue weighted by Crippen LogP contribution is -2.34. The van der Waals surface area contributed by atoms with Crippen molar-refractivity contribution < 1.29 is 22.0 Å². The maximum absolute atomic E-state index is 13.4. The average Bonchev–Trinajstić information content (AvgIpc) is 2.82. The Morgan fingerprint density at radius 1 is 1.12 bits per heavy atom. The monoisotopic (exact) mass is 374 g/mol. The van der Waals surface area contributed by atoms with Gasteiger partial charge in [0.05, 0.1) is 11.9 Å². The lowest BCUT2D eigenvalue weighted by atomic mass is 10.2. The van der Waals surface area contributed by atoms with E-state index in [9.17, 15) is 22.0 Å². The molecule has 8 heteroatoms. The molecule has 1 fully saturated rings. The predicted molar refractivity (Wildman–Crippen MR) is 92.8 cm³/mol. The molecule has 1 aliphatic rings. The van der Waals surface area contributed by atoms with Gasteiger partial charge in [-0.15, -0.1) is 0 Å². The van der Waals surface area contributed by atoms with Crippen LogP contribution in [0.2, 0.25) is 0 Å². The van der Waals surface area contributed by atoms with Gasteiger partial charge < -0.3 is 4.90 Å². The van der Waals surface area contributed by atoms with Gasteiger partial charge in [0, 0.05) is 32.1 Å². The third-order valence-electron chi connectivity index (χ3n) is 4.30. The van der Waals surface area contributed by atoms with Gasteiger partial charge in [-0.3, -0.25) is 9.10 Å². The molecule has 0 spiro atoms. The second kappa shape index (κ2) is 8.60. The van der Waals surface area contributed by atoms with Gasteiger partial charge in [0.1, 0.15) is 0 Å². The number of sulfonamides is 1. The van der Waals surface area contributed by atoms with Crippen LogP contribution in [0.15, 0.2) is 18.2 Å². The number of carbonyl (C=O) groups excluding carboxylic acids is 1. The number of halogens is 2. The number of anilines is 1. The van der Waals surface area contributed by atoms with Crippen LogP contribution >= 0.6 is 0 Å². The third kappa shape index (κ3) is 5.66. The summed E-state index contributed by atoms with van der Waals surface area (Å²) >= 11 is 0. The van der Waals surface area contributed by atoms with Crippen molar-refractivity contribution in [2.24, 2.45) is 0 Å². The van der Waals surface area contributed by atoms with E-state index in [1.165, 1.54) is 6.07 Å². The first-order valence-electron chi connectivity index (χ1n) is 8.49. The van der Waals surface area contributed by atoms with Crippen LogP contribution in [0, 0.1) is 11.6 Å². The van der Waals surface area contributed by atoms with Crippen LogP contribution in [0.25, 0.3) is 0 Å². The molecule has 1 aliphatic heterocycles. The molecule has 0 unspecified atom stereocenters. The number of rotatable bonds is 6. The van der Waals surface area contributed by atoms with Crippen LogP contribution in [0.3, 0.4) is 0 Å². The maximum Gasteiger partial charge on any atom is 0.232 e. The van der Waals surface area contributed by atoms with Crippen LogP contribution < -0.4 is 4.31 Å². The molecule has 1 aromatic rings. The normalized spacial score (nSPS) is 15.7. The van der Waals surface area contributed by atoms with E-state index in [0.717, 1.165) is 61.5 Å². The zero-order valence-corrected chi connectivity index (χ0v) is 15.2. The summed E-state index contributed by atoms with van der Waals surface area (Å²) < 4.78 is 51.4. The van der Waals surface area contributed by atoms with Crippen molar-refractivity contribution in [3.05, 3.63) is 29.8 Å². The lowest BCUT2D eigenvalue weighted by molar-refractivity contribution is -0.131. The van der Waals surface area contributed by atoms with Crippen LogP contribution in [0.4, 0.5) is 14.5 Å².